The fraction of sp³-hybridized carbons (Fsp3) is 0.111. The van der Waals surface area contributed by atoms with Gasteiger partial charge >= 0.3 is 0 Å². The summed E-state index contributed by atoms with van der Waals surface area (Å²) in [5.74, 6) is 0. The van der Waals surface area contributed by atoms with Crippen LogP contribution in [0.25, 0.3) is 10.2 Å². The lowest BCUT2D eigenvalue weighted by atomic mass is 10.4. The molecule has 0 aliphatic heterocycles. The van der Waals surface area contributed by atoms with E-state index in [1.54, 1.807) is 6.07 Å². The summed E-state index contributed by atoms with van der Waals surface area (Å²) in [5.41, 5.74) is -0.0671. The second kappa shape index (κ2) is 4.17. The summed E-state index contributed by atoms with van der Waals surface area (Å²) in [6, 6.07) is 1.78. The van der Waals surface area contributed by atoms with Gasteiger partial charge in [-0.05, 0) is 23.0 Å². The van der Waals surface area contributed by atoms with E-state index in [9.17, 15) is 4.79 Å². The molecule has 0 saturated carbocycles. The van der Waals surface area contributed by atoms with Gasteiger partial charge in [0.2, 0.25) is 4.47 Å². The van der Waals surface area contributed by atoms with Crippen molar-refractivity contribution in [3.05, 3.63) is 37.6 Å². The van der Waals surface area contributed by atoms with Crippen molar-refractivity contribution in [1.82, 2.24) is 19.7 Å². The van der Waals surface area contributed by atoms with Gasteiger partial charge in [0.25, 0.3) is 5.56 Å². The molecule has 0 saturated heterocycles. The van der Waals surface area contributed by atoms with Crippen LogP contribution in [0, 0.1) is 0 Å². The molecular weight excluding hydrogens is 280 g/mol. The zero-order valence-corrected chi connectivity index (χ0v) is 10.7. The van der Waals surface area contributed by atoms with Gasteiger partial charge in [-0.3, -0.25) is 9.36 Å². The normalized spacial score (nSPS) is 11.1. The van der Waals surface area contributed by atoms with Crippen LogP contribution in [0.1, 0.15) is 5.01 Å². The number of halogens is 1. The zero-order valence-electron chi connectivity index (χ0n) is 8.33. The quantitative estimate of drug-likeness (QED) is 0.722. The first-order valence-corrected chi connectivity index (χ1v) is 6.72. The maximum Gasteiger partial charge on any atom is 0.262 e. The molecule has 0 aliphatic rings. The molecule has 0 aliphatic carbocycles. The Labute approximate surface area is 108 Å². The molecule has 3 aromatic rings. The summed E-state index contributed by atoms with van der Waals surface area (Å²) in [6.45, 7) is 0.349. The molecule has 0 amide bonds. The van der Waals surface area contributed by atoms with Gasteiger partial charge < -0.3 is 0 Å². The molecule has 0 radical (unpaired) electrons. The van der Waals surface area contributed by atoms with Crippen molar-refractivity contribution in [3.8, 4) is 0 Å². The first-order chi connectivity index (χ1) is 8.24. The molecule has 8 heteroatoms. The van der Waals surface area contributed by atoms with Crippen molar-refractivity contribution in [1.29, 1.82) is 0 Å². The lowest BCUT2D eigenvalue weighted by molar-refractivity contribution is 0.735. The Kier molecular flexibility index (Phi) is 2.65. The van der Waals surface area contributed by atoms with E-state index in [-0.39, 0.29) is 5.56 Å². The van der Waals surface area contributed by atoms with Crippen LogP contribution in [0.5, 0.6) is 0 Å². The molecule has 0 atom stereocenters. The first-order valence-electron chi connectivity index (χ1n) is 4.64. The molecule has 17 heavy (non-hydrogen) atoms. The third-order valence-electron chi connectivity index (χ3n) is 2.20. The van der Waals surface area contributed by atoms with Crippen LogP contribution in [-0.2, 0) is 6.54 Å². The molecule has 86 valence electrons. The predicted molar refractivity (Wildman–Crippen MR) is 67.9 cm³/mol. The molecule has 3 aromatic heterocycles. The fourth-order valence-corrected chi connectivity index (χ4v) is 3.04. The Bertz CT molecular complexity index is 732. The van der Waals surface area contributed by atoms with Gasteiger partial charge in [0, 0.05) is 0 Å². The van der Waals surface area contributed by atoms with Crippen molar-refractivity contribution in [2.45, 2.75) is 6.54 Å². The van der Waals surface area contributed by atoms with Crippen molar-refractivity contribution in [2.75, 3.05) is 0 Å². The average Bonchev–Trinajstić information content (AvgIpc) is 2.92. The van der Waals surface area contributed by atoms with Crippen molar-refractivity contribution in [3.63, 3.8) is 0 Å². The smallest absolute Gasteiger partial charge is 0.262 e. The highest BCUT2D eigenvalue weighted by Gasteiger charge is 2.08. The van der Waals surface area contributed by atoms with Crippen LogP contribution >= 0.6 is 34.3 Å². The molecular formula is C9H5ClN4OS2. The number of hydrogen-bond acceptors (Lipinski definition) is 6. The second-order valence-electron chi connectivity index (χ2n) is 3.27. The molecule has 5 nitrogen and oxygen atoms in total. The van der Waals surface area contributed by atoms with Crippen molar-refractivity contribution < 1.29 is 0 Å². The van der Waals surface area contributed by atoms with Crippen LogP contribution in [0.2, 0.25) is 4.47 Å². The molecule has 0 fully saturated rings. The third-order valence-corrected chi connectivity index (χ3v) is 4.02. The van der Waals surface area contributed by atoms with Crippen LogP contribution in [0.3, 0.4) is 0 Å². The molecule has 0 bridgehead atoms. The van der Waals surface area contributed by atoms with Crippen molar-refractivity contribution in [2.24, 2.45) is 0 Å². The minimum Gasteiger partial charge on any atom is -0.292 e. The highest BCUT2D eigenvalue weighted by molar-refractivity contribution is 7.16. The maximum absolute atomic E-state index is 12.1. The Morgan fingerprint density at radius 3 is 3.06 bits per heavy atom. The van der Waals surface area contributed by atoms with E-state index < -0.39 is 0 Å². The average molecular weight is 285 g/mol. The molecule has 0 spiro atoms. The second-order valence-corrected chi connectivity index (χ2v) is 5.80. The van der Waals surface area contributed by atoms with Gasteiger partial charge in [0.15, 0.2) is 0 Å². The van der Waals surface area contributed by atoms with E-state index in [4.69, 9.17) is 11.6 Å². The fourth-order valence-electron chi connectivity index (χ4n) is 1.45. The molecule has 3 heterocycles. The largest absolute Gasteiger partial charge is 0.292 e. The van der Waals surface area contributed by atoms with Gasteiger partial charge in [-0.25, -0.2) is 4.98 Å². The van der Waals surface area contributed by atoms with E-state index in [2.05, 4.69) is 15.2 Å². The predicted octanol–water partition coefficient (Wildman–Crippen LogP) is 2.01. The van der Waals surface area contributed by atoms with E-state index in [1.165, 1.54) is 33.6 Å². The zero-order chi connectivity index (χ0) is 11.8. The summed E-state index contributed by atoms with van der Waals surface area (Å²) in [7, 11) is 0. The Morgan fingerprint density at radius 2 is 2.29 bits per heavy atom. The van der Waals surface area contributed by atoms with Crippen LogP contribution in [-0.4, -0.2) is 19.7 Å². The van der Waals surface area contributed by atoms with E-state index >= 15 is 0 Å². The molecule has 0 N–H and O–H groups in total. The minimum atomic E-state index is -0.0671. The Morgan fingerprint density at radius 1 is 1.41 bits per heavy atom. The summed E-state index contributed by atoms with van der Waals surface area (Å²) in [5, 5.41) is 10.7. The monoisotopic (exact) mass is 284 g/mol. The minimum absolute atomic E-state index is 0.0671. The van der Waals surface area contributed by atoms with Crippen LogP contribution < -0.4 is 5.56 Å². The Hall–Kier alpha value is -1.31. The van der Waals surface area contributed by atoms with Gasteiger partial charge in [-0.2, -0.15) is 0 Å². The van der Waals surface area contributed by atoms with Crippen LogP contribution in [0.15, 0.2) is 22.6 Å². The van der Waals surface area contributed by atoms with Gasteiger partial charge in [0.05, 0.1) is 18.3 Å². The van der Waals surface area contributed by atoms with Gasteiger partial charge in [-0.15, -0.1) is 21.5 Å². The summed E-state index contributed by atoms with van der Waals surface area (Å²) >= 11 is 8.39. The third kappa shape index (κ3) is 1.97. The SMILES string of the molecule is O=c1c2ccsc2ncn1Cc1nnc(Cl)s1. The lowest BCUT2D eigenvalue weighted by Gasteiger charge is -2.00. The van der Waals surface area contributed by atoms with Gasteiger partial charge in [0.1, 0.15) is 9.84 Å². The van der Waals surface area contributed by atoms with E-state index in [0.29, 0.717) is 21.4 Å². The highest BCUT2D eigenvalue weighted by Crippen LogP contribution is 2.16. The maximum atomic E-state index is 12.1. The topological polar surface area (TPSA) is 60.7 Å². The van der Waals surface area contributed by atoms with Gasteiger partial charge in [-0.1, -0.05) is 11.3 Å². The first kappa shape index (κ1) is 10.8. The van der Waals surface area contributed by atoms with E-state index in [1.807, 2.05) is 5.38 Å². The highest BCUT2D eigenvalue weighted by atomic mass is 35.5. The number of aromatic nitrogens is 4. The Balaban J connectivity index is 2.06. The summed E-state index contributed by atoms with van der Waals surface area (Å²) in [4.78, 5) is 17.0. The number of thiophene rings is 1. The summed E-state index contributed by atoms with van der Waals surface area (Å²) in [6.07, 6.45) is 1.52. The molecule has 3 rings (SSSR count). The molecule has 0 unspecified atom stereocenters. The van der Waals surface area contributed by atoms with E-state index in [0.717, 1.165) is 4.83 Å². The number of nitrogens with zero attached hydrogens (tertiary/aromatic N) is 4. The molecule has 0 aromatic carbocycles. The summed E-state index contributed by atoms with van der Waals surface area (Å²) < 4.78 is 1.88. The number of rotatable bonds is 2. The number of hydrogen-bond donors (Lipinski definition) is 0. The van der Waals surface area contributed by atoms with Crippen molar-refractivity contribution >= 4 is 44.5 Å². The van der Waals surface area contributed by atoms with Crippen LogP contribution in [0.4, 0.5) is 0 Å². The lowest BCUT2D eigenvalue weighted by Crippen LogP contribution is -2.20. The number of fused-ring (bicyclic) bond motifs is 1. The standard InChI is InChI=1S/C9H5ClN4OS2/c10-9-13-12-6(17-9)3-14-4-11-7-5(8(14)15)1-2-16-7/h1-2,4H,3H2.